The van der Waals surface area contributed by atoms with Gasteiger partial charge in [-0.2, -0.15) is 0 Å². The zero-order valence-corrected chi connectivity index (χ0v) is 12.3. The highest BCUT2D eigenvalue weighted by Gasteiger charge is 2.32. The molecule has 5 heteroatoms. The molecule has 0 aromatic heterocycles. The van der Waals surface area contributed by atoms with Gasteiger partial charge >= 0.3 is 12.0 Å². The summed E-state index contributed by atoms with van der Waals surface area (Å²) in [5, 5.41) is 12.2. The molecule has 0 heterocycles. The average molecular weight is 282 g/mol. The number of nitrogens with zero attached hydrogens (tertiary/aromatic N) is 1. The van der Waals surface area contributed by atoms with Crippen LogP contribution in [0.5, 0.6) is 0 Å². The largest absolute Gasteiger partial charge is 0.481 e. The summed E-state index contributed by atoms with van der Waals surface area (Å²) in [6.07, 6.45) is 8.35. The fourth-order valence-corrected chi connectivity index (χ4v) is 3.53. The number of hydrogen-bond acceptors (Lipinski definition) is 2. The quantitative estimate of drug-likeness (QED) is 0.832. The Morgan fingerprint density at radius 1 is 1.10 bits per heavy atom. The SMILES string of the molecule is CN(CC1CCCC1)C(=O)NC1CCCCC1C(=O)O. The molecule has 2 N–H and O–H groups in total. The molecule has 0 spiro atoms. The number of aliphatic carboxylic acids is 1. The van der Waals surface area contributed by atoms with Gasteiger partial charge in [-0.3, -0.25) is 4.79 Å². The Labute approximate surface area is 120 Å². The first-order valence-electron chi connectivity index (χ1n) is 7.82. The van der Waals surface area contributed by atoms with Crippen molar-refractivity contribution in [3.8, 4) is 0 Å². The Hall–Kier alpha value is -1.26. The standard InChI is InChI=1S/C15H26N2O3/c1-17(10-11-6-2-3-7-11)15(20)16-13-9-5-4-8-12(13)14(18)19/h11-13H,2-10H2,1H3,(H,16,20)(H,18,19). The van der Waals surface area contributed by atoms with Crippen molar-refractivity contribution >= 4 is 12.0 Å². The van der Waals surface area contributed by atoms with Crippen molar-refractivity contribution in [3.63, 3.8) is 0 Å². The first-order chi connectivity index (χ1) is 9.58. The number of nitrogens with one attached hydrogen (secondary N) is 1. The minimum absolute atomic E-state index is 0.116. The van der Waals surface area contributed by atoms with Crippen molar-refractivity contribution in [2.45, 2.75) is 57.4 Å². The molecule has 2 aliphatic carbocycles. The van der Waals surface area contributed by atoms with Crippen molar-refractivity contribution in [2.75, 3.05) is 13.6 Å². The molecule has 0 bridgehead atoms. The molecule has 20 heavy (non-hydrogen) atoms. The summed E-state index contributed by atoms with van der Waals surface area (Å²) in [6.45, 7) is 0.788. The summed E-state index contributed by atoms with van der Waals surface area (Å²) in [6, 6.07) is -0.324. The molecule has 2 atom stereocenters. The number of urea groups is 1. The smallest absolute Gasteiger partial charge is 0.317 e. The van der Waals surface area contributed by atoms with Crippen LogP contribution < -0.4 is 5.32 Å². The zero-order valence-electron chi connectivity index (χ0n) is 12.3. The molecule has 5 nitrogen and oxygen atoms in total. The van der Waals surface area contributed by atoms with Gasteiger partial charge in [-0.05, 0) is 31.6 Å². The fraction of sp³-hybridized carbons (Fsp3) is 0.867. The minimum atomic E-state index is -0.784. The Balaban J connectivity index is 1.83. The van der Waals surface area contributed by atoms with Crippen molar-refractivity contribution in [3.05, 3.63) is 0 Å². The summed E-state index contributed by atoms with van der Waals surface area (Å²) in [4.78, 5) is 25.1. The maximum absolute atomic E-state index is 12.2. The van der Waals surface area contributed by atoms with Crippen LogP contribution >= 0.6 is 0 Å². The first kappa shape index (κ1) is 15.1. The zero-order chi connectivity index (χ0) is 14.5. The van der Waals surface area contributed by atoms with E-state index in [9.17, 15) is 14.7 Å². The van der Waals surface area contributed by atoms with Crippen molar-refractivity contribution < 1.29 is 14.7 Å². The number of amides is 2. The molecule has 2 amide bonds. The Morgan fingerprint density at radius 2 is 1.70 bits per heavy atom. The van der Waals surface area contributed by atoms with E-state index in [2.05, 4.69) is 5.32 Å². The van der Waals surface area contributed by atoms with E-state index >= 15 is 0 Å². The van der Waals surface area contributed by atoms with Crippen LogP contribution in [0.25, 0.3) is 0 Å². The van der Waals surface area contributed by atoms with E-state index < -0.39 is 11.9 Å². The van der Waals surface area contributed by atoms with Gasteiger partial charge in [-0.1, -0.05) is 25.7 Å². The lowest BCUT2D eigenvalue weighted by Gasteiger charge is -2.31. The van der Waals surface area contributed by atoms with Crippen LogP contribution in [0.15, 0.2) is 0 Å². The number of hydrogen-bond donors (Lipinski definition) is 2. The van der Waals surface area contributed by atoms with Crippen LogP contribution in [0.3, 0.4) is 0 Å². The van der Waals surface area contributed by atoms with Crippen LogP contribution in [-0.2, 0) is 4.79 Å². The number of carbonyl (C=O) groups is 2. The molecular formula is C15H26N2O3. The molecule has 0 saturated heterocycles. The second-order valence-electron chi connectivity index (χ2n) is 6.32. The summed E-state index contributed by atoms with van der Waals surface area (Å²) in [5.74, 6) is -0.589. The Bertz CT molecular complexity index is 353. The van der Waals surface area contributed by atoms with E-state index in [0.717, 1.165) is 25.8 Å². The predicted molar refractivity (Wildman–Crippen MR) is 76.5 cm³/mol. The summed E-state index contributed by atoms with van der Waals surface area (Å²) >= 11 is 0. The summed E-state index contributed by atoms with van der Waals surface area (Å²) in [7, 11) is 1.81. The monoisotopic (exact) mass is 282 g/mol. The lowest BCUT2D eigenvalue weighted by atomic mass is 9.84. The number of carbonyl (C=O) groups excluding carboxylic acids is 1. The van der Waals surface area contributed by atoms with Gasteiger partial charge in [0.25, 0.3) is 0 Å². The van der Waals surface area contributed by atoms with Crippen LogP contribution in [-0.4, -0.2) is 41.6 Å². The Kier molecular flexibility index (Phi) is 5.26. The summed E-state index contributed by atoms with van der Waals surface area (Å²) in [5.41, 5.74) is 0. The number of carboxylic acids is 1. The fourth-order valence-electron chi connectivity index (χ4n) is 3.53. The van der Waals surface area contributed by atoms with E-state index in [4.69, 9.17) is 0 Å². The molecule has 2 unspecified atom stereocenters. The highest BCUT2D eigenvalue weighted by Crippen LogP contribution is 2.26. The van der Waals surface area contributed by atoms with E-state index in [0.29, 0.717) is 12.3 Å². The van der Waals surface area contributed by atoms with Crippen molar-refractivity contribution in [2.24, 2.45) is 11.8 Å². The molecule has 0 aromatic carbocycles. The highest BCUT2D eigenvalue weighted by atomic mass is 16.4. The second-order valence-corrected chi connectivity index (χ2v) is 6.32. The van der Waals surface area contributed by atoms with Gasteiger partial charge in [-0.15, -0.1) is 0 Å². The van der Waals surface area contributed by atoms with E-state index in [-0.39, 0.29) is 12.1 Å². The van der Waals surface area contributed by atoms with Gasteiger partial charge in [0, 0.05) is 19.6 Å². The molecule has 2 fully saturated rings. The molecule has 0 aliphatic heterocycles. The van der Waals surface area contributed by atoms with Crippen molar-refractivity contribution in [1.82, 2.24) is 10.2 Å². The maximum Gasteiger partial charge on any atom is 0.317 e. The van der Waals surface area contributed by atoms with E-state index in [1.807, 2.05) is 7.05 Å². The number of rotatable bonds is 4. The van der Waals surface area contributed by atoms with Gasteiger partial charge in [0.15, 0.2) is 0 Å². The highest BCUT2D eigenvalue weighted by molar-refractivity contribution is 5.76. The van der Waals surface area contributed by atoms with Crippen LogP contribution in [0.1, 0.15) is 51.4 Å². The van der Waals surface area contributed by atoms with E-state index in [1.54, 1.807) is 4.90 Å². The van der Waals surface area contributed by atoms with Gasteiger partial charge < -0.3 is 15.3 Å². The average Bonchev–Trinajstić information content (AvgIpc) is 2.91. The third-order valence-electron chi connectivity index (χ3n) is 4.75. The minimum Gasteiger partial charge on any atom is -0.481 e. The molecule has 2 saturated carbocycles. The molecule has 0 radical (unpaired) electrons. The van der Waals surface area contributed by atoms with Gasteiger partial charge in [0.05, 0.1) is 5.92 Å². The Morgan fingerprint density at radius 3 is 2.35 bits per heavy atom. The molecule has 2 aliphatic rings. The molecule has 2 rings (SSSR count). The van der Waals surface area contributed by atoms with Gasteiger partial charge in [0.2, 0.25) is 0 Å². The number of carboxylic acid groups (broad SMARTS) is 1. The molecule has 0 aromatic rings. The van der Waals surface area contributed by atoms with Crippen LogP contribution in [0.4, 0.5) is 4.79 Å². The third kappa shape index (κ3) is 3.87. The first-order valence-corrected chi connectivity index (χ1v) is 7.82. The molecular weight excluding hydrogens is 256 g/mol. The lowest BCUT2D eigenvalue weighted by molar-refractivity contribution is -0.143. The molecule has 114 valence electrons. The second kappa shape index (κ2) is 6.95. The lowest BCUT2D eigenvalue weighted by Crippen LogP contribution is -2.49. The summed E-state index contributed by atoms with van der Waals surface area (Å²) < 4.78 is 0. The van der Waals surface area contributed by atoms with Gasteiger partial charge in [-0.25, -0.2) is 4.79 Å². The van der Waals surface area contributed by atoms with Crippen LogP contribution in [0, 0.1) is 11.8 Å². The van der Waals surface area contributed by atoms with Crippen molar-refractivity contribution in [1.29, 1.82) is 0 Å². The topological polar surface area (TPSA) is 69.6 Å². The normalized spacial score (nSPS) is 27.2. The van der Waals surface area contributed by atoms with E-state index in [1.165, 1.54) is 25.7 Å². The predicted octanol–water partition coefficient (Wildman–Crippen LogP) is 2.46. The third-order valence-corrected chi connectivity index (χ3v) is 4.75. The van der Waals surface area contributed by atoms with Gasteiger partial charge in [0.1, 0.15) is 0 Å². The van der Waals surface area contributed by atoms with Crippen LogP contribution in [0.2, 0.25) is 0 Å². The maximum atomic E-state index is 12.2.